The number of amides is 2. The van der Waals surface area contributed by atoms with Crippen LogP contribution in [-0.2, 0) is 14.3 Å². The molecule has 0 bridgehead atoms. The van der Waals surface area contributed by atoms with E-state index < -0.39 is 0 Å². The second-order valence-corrected chi connectivity index (χ2v) is 6.23. The molecule has 2 fully saturated rings. The summed E-state index contributed by atoms with van der Waals surface area (Å²) in [5.41, 5.74) is 0. The fourth-order valence-corrected chi connectivity index (χ4v) is 3.38. The number of methoxy groups -OCH3 is 1. The molecule has 1 aliphatic carbocycles. The molecule has 5 nitrogen and oxygen atoms in total. The second kappa shape index (κ2) is 8.37. The van der Waals surface area contributed by atoms with Crippen molar-refractivity contribution in [2.24, 2.45) is 5.92 Å². The number of nitrogens with zero attached hydrogens (tertiary/aromatic N) is 1. The van der Waals surface area contributed by atoms with Gasteiger partial charge in [-0.25, -0.2) is 0 Å². The largest absolute Gasteiger partial charge is 0.385 e. The molecule has 0 aromatic heterocycles. The lowest BCUT2D eigenvalue weighted by atomic mass is 9.94. The molecule has 1 unspecified atom stereocenters. The van der Waals surface area contributed by atoms with Crippen molar-refractivity contribution < 1.29 is 14.3 Å². The number of unbranched alkanes of at least 4 members (excludes halogenated alkanes) is 1. The predicted molar refractivity (Wildman–Crippen MR) is 80.8 cm³/mol. The summed E-state index contributed by atoms with van der Waals surface area (Å²) in [4.78, 5) is 26.2. The van der Waals surface area contributed by atoms with E-state index in [1.54, 1.807) is 7.11 Å². The third-order valence-electron chi connectivity index (χ3n) is 4.62. The Bertz CT molecular complexity index is 353. The van der Waals surface area contributed by atoms with Gasteiger partial charge in [-0.2, -0.15) is 0 Å². The van der Waals surface area contributed by atoms with Crippen molar-refractivity contribution in [2.45, 2.75) is 57.4 Å². The summed E-state index contributed by atoms with van der Waals surface area (Å²) >= 11 is 0. The fraction of sp³-hybridized carbons (Fsp3) is 0.875. The van der Waals surface area contributed by atoms with Gasteiger partial charge in [-0.3, -0.25) is 9.59 Å². The Morgan fingerprint density at radius 2 is 2.05 bits per heavy atom. The zero-order valence-corrected chi connectivity index (χ0v) is 13.1. The Labute approximate surface area is 127 Å². The lowest BCUT2D eigenvalue weighted by molar-refractivity contribution is -0.130. The van der Waals surface area contributed by atoms with Gasteiger partial charge in [0.05, 0.1) is 5.92 Å². The van der Waals surface area contributed by atoms with Crippen molar-refractivity contribution in [1.29, 1.82) is 0 Å². The van der Waals surface area contributed by atoms with E-state index in [1.165, 1.54) is 19.3 Å². The van der Waals surface area contributed by atoms with Gasteiger partial charge in [0.15, 0.2) is 0 Å². The topological polar surface area (TPSA) is 58.6 Å². The lowest BCUT2D eigenvalue weighted by Gasteiger charge is -2.31. The smallest absolute Gasteiger partial charge is 0.225 e. The number of carbonyl (C=O) groups excluding carboxylic acids is 2. The first-order valence-electron chi connectivity index (χ1n) is 8.28. The van der Waals surface area contributed by atoms with E-state index in [0.29, 0.717) is 25.6 Å². The van der Waals surface area contributed by atoms with Crippen molar-refractivity contribution >= 4 is 11.8 Å². The van der Waals surface area contributed by atoms with Crippen molar-refractivity contribution in [1.82, 2.24) is 10.2 Å². The van der Waals surface area contributed by atoms with Crippen LogP contribution in [0.25, 0.3) is 0 Å². The van der Waals surface area contributed by atoms with Crippen molar-refractivity contribution in [3.8, 4) is 0 Å². The quantitative estimate of drug-likeness (QED) is 0.728. The van der Waals surface area contributed by atoms with Crippen molar-refractivity contribution in [3.05, 3.63) is 0 Å². The average molecular weight is 296 g/mol. The van der Waals surface area contributed by atoms with Crippen LogP contribution in [0.5, 0.6) is 0 Å². The average Bonchev–Trinajstić information content (AvgIpc) is 2.90. The van der Waals surface area contributed by atoms with E-state index in [4.69, 9.17) is 4.74 Å². The van der Waals surface area contributed by atoms with E-state index >= 15 is 0 Å². The molecular weight excluding hydrogens is 268 g/mol. The summed E-state index contributed by atoms with van der Waals surface area (Å²) in [6.07, 6.45) is 8.19. The molecule has 1 atom stereocenters. The Balaban J connectivity index is 1.72. The molecule has 1 saturated carbocycles. The first-order valence-corrected chi connectivity index (χ1v) is 8.28. The molecular formula is C16H28N2O3. The Kier molecular flexibility index (Phi) is 6.49. The molecule has 2 rings (SSSR count). The first-order chi connectivity index (χ1) is 10.2. The van der Waals surface area contributed by atoms with Crippen LogP contribution in [0.15, 0.2) is 0 Å². The highest BCUT2D eigenvalue weighted by Crippen LogP contribution is 2.28. The second-order valence-electron chi connectivity index (χ2n) is 6.23. The molecule has 0 radical (unpaired) electrons. The predicted octanol–water partition coefficient (Wildman–Crippen LogP) is 1.71. The van der Waals surface area contributed by atoms with Crippen LogP contribution >= 0.6 is 0 Å². The van der Waals surface area contributed by atoms with E-state index in [0.717, 1.165) is 32.3 Å². The zero-order chi connectivity index (χ0) is 15.1. The number of hydrogen-bond donors (Lipinski definition) is 1. The number of ether oxygens (including phenoxy) is 1. The third-order valence-corrected chi connectivity index (χ3v) is 4.62. The summed E-state index contributed by atoms with van der Waals surface area (Å²) in [6.45, 7) is 2.02. The van der Waals surface area contributed by atoms with Gasteiger partial charge in [-0.15, -0.1) is 0 Å². The molecule has 5 heteroatoms. The lowest BCUT2D eigenvalue weighted by Crippen LogP contribution is -2.39. The molecule has 1 aliphatic heterocycles. The summed E-state index contributed by atoms with van der Waals surface area (Å²) in [5.74, 6) is 0.0577. The van der Waals surface area contributed by atoms with Crippen molar-refractivity contribution in [2.75, 3.05) is 26.8 Å². The van der Waals surface area contributed by atoms with Gasteiger partial charge in [0, 0.05) is 39.3 Å². The first kappa shape index (κ1) is 16.3. The van der Waals surface area contributed by atoms with E-state index in [-0.39, 0.29) is 17.7 Å². The minimum absolute atomic E-state index is 0.0408. The molecule has 21 heavy (non-hydrogen) atoms. The standard InChI is InChI=1S/C16H28N2O3/c1-21-10-6-5-9-17-16(20)13-11-15(19)18(12-13)14-7-3-2-4-8-14/h13-14H,2-12H2,1H3,(H,17,20). The highest BCUT2D eigenvalue weighted by molar-refractivity contribution is 5.89. The fourth-order valence-electron chi connectivity index (χ4n) is 3.38. The number of nitrogens with one attached hydrogen (secondary N) is 1. The molecule has 1 N–H and O–H groups in total. The van der Waals surface area contributed by atoms with E-state index in [9.17, 15) is 9.59 Å². The van der Waals surface area contributed by atoms with Crippen LogP contribution < -0.4 is 5.32 Å². The van der Waals surface area contributed by atoms with Gasteiger partial charge in [0.1, 0.15) is 0 Å². The van der Waals surface area contributed by atoms with Crippen LogP contribution in [0, 0.1) is 5.92 Å². The molecule has 2 aliphatic rings. The van der Waals surface area contributed by atoms with E-state index in [1.807, 2.05) is 4.90 Å². The Morgan fingerprint density at radius 1 is 1.29 bits per heavy atom. The molecule has 0 spiro atoms. The van der Waals surface area contributed by atoms with Crippen LogP contribution in [0.3, 0.4) is 0 Å². The molecule has 0 aromatic carbocycles. The molecule has 1 saturated heterocycles. The van der Waals surface area contributed by atoms with Gasteiger partial charge in [0.25, 0.3) is 0 Å². The molecule has 1 heterocycles. The number of carbonyl (C=O) groups is 2. The van der Waals surface area contributed by atoms with Gasteiger partial charge in [-0.1, -0.05) is 19.3 Å². The van der Waals surface area contributed by atoms with Gasteiger partial charge >= 0.3 is 0 Å². The van der Waals surface area contributed by atoms with Crippen LogP contribution in [0.1, 0.15) is 51.4 Å². The van der Waals surface area contributed by atoms with Gasteiger partial charge < -0.3 is 15.0 Å². The SMILES string of the molecule is COCCCCNC(=O)C1CC(=O)N(C2CCCCC2)C1. The highest BCUT2D eigenvalue weighted by atomic mass is 16.5. The molecule has 0 aromatic rings. The molecule has 120 valence electrons. The maximum Gasteiger partial charge on any atom is 0.225 e. The highest BCUT2D eigenvalue weighted by Gasteiger charge is 2.37. The monoisotopic (exact) mass is 296 g/mol. The summed E-state index contributed by atoms with van der Waals surface area (Å²) in [6, 6.07) is 0.380. The normalized spacial score (nSPS) is 23.6. The summed E-state index contributed by atoms with van der Waals surface area (Å²) < 4.78 is 4.98. The van der Waals surface area contributed by atoms with Crippen LogP contribution in [-0.4, -0.2) is 49.6 Å². The number of rotatable bonds is 7. The van der Waals surface area contributed by atoms with Crippen LogP contribution in [0.2, 0.25) is 0 Å². The number of hydrogen-bond acceptors (Lipinski definition) is 3. The van der Waals surface area contributed by atoms with Gasteiger partial charge in [0.2, 0.25) is 11.8 Å². The van der Waals surface area contributed by atoms with E-state index in [2.05, 4.69) is 5.32 Å². The Hall–Kier alpha value is -1.10. The van der Waals surface area contributed by atoms with Gasteiger partial charge in [-0.05, 0) is 25.7 Å². The zero-order valence-electron chi connectivity index (χ0n) is 13.1. The third kappa shape index (κ3) is 4.70. The minimum Gasteiger partial charge on any atom is -0.385 e. The maximum absolute atomic E-state index is 12.1. The summed E-state index contributed by atoms with van der Waals surface area (Å²) in [7, 11) is 1.68. The number of likely N-dealkylation sites (tertiary alicyclic amines) is 1. The summed E-state index contributed by atoms with van der Waals surface area (Å²) in [5, 5.41) is 2.95. The molecule has 2 amide bonds. The van der Waals surface area contributed by atoms with Crippen LogP contribution in [0.4, 0.5) is 0 Å². The minimum atomic E-state index is -0.151. The Morgan fingerprint density at radius 3 is 2.76 bits per heavy atom. The van der Waals surface area contributed by atoms with Crippen molar-refractivity contribution in [3.63, 3.8) is 0 Å². The maximum atomic E-state index is 12.1.